The third-order valence-corrected chi connectivity index (χ3v) is 2.06. The molecule has 2 aromatic rings. The van der Waals surface area contributed by atoms with Crippen molar-refractivity contribution in [1.82, 2.24) is 9.38 Å². The summed E-state index contributed by atoms with van der Waals surface area (Å²) < 4.78 is 2.05. The normalized spacial score (nSPS) is 11.2. The molecule has 2 aromatic heterocycles. The first-order chi connectivity index (χ1) is 5.77. The van der Waals surface area contributed by atoms with Crippen LogP contribution in [0, 0.1) is 0 Å². The first-order valence-corrected chi connectivity index (χ1v) is 4.20. The van der Waals surface area contributed by atoms with Crippen LogP contribution in [0.25, 0.3) is 5.65 Å². The molecule has 0 unspecified atom stereocenters. The van der Waals surface area contributed by atoms with Crippen LogP contribution in [-0.2, 0) is 0 Å². The van der Waals surface area contributed by atoms with Crippen LogP contribution in [0.5, 0.6) is 0 Å². The van der Waals surface area contributed by atoms with Crippen molar-refractivity contribution in [2.24, 2.45) is 0 Å². The highest BCUT2D eigenvalue weighted by Gasteiger charge is 2.00. The topological polar surface area (TPSA) is 17.3 Å². The second-order valence-electron chi connectivity index (χ2n) is 3.32. The minimum atomic E-state index is 0.546. The SMILES string of the molecule is CC(C)c1cnc2cccn2c1. The number of hydrogen-bond donors (Lipinski definition) is 0. The lowest BCUT2D eigenvalue weighted by Crippen LogP contribution is -1.93. The molecular formula is C10H12N2. The Labute approximate surface area is 71.9 Å². The highest BCUT2D eigenvalue weighted by molar-refractivity contribution is 5.39. The summed E-state index contributed by atoms with van der Waals surface area (Å²) in [6.45, 7) is 4.35. The van der Waals surface area contributed by atoms with Gasteiger partial charge in [0.15, 0.2) is 0 Å². The fraction of sp³-hybridized carbons (Fsp3) is 0.300. The van der Waals surface area contributed by atoms with Crippen LogP contribution in [0.15, 0.2) is 30.7 Å². The Morgan fingerprint density at radius 2 is 2.25 bits per heavy atom. The average molecular weight is 160 g/mol. The Bertz CT molecular complexity index is 387. The molecule has 62 valence electrons. The van der Waals surface area contributed by atoms with Crippen LogP contribution in [0.3, 0.4) is 0 Å². The molecular weight excluding hydrogens is 148 g/mol. The van der Waals surface area contributed by atoms with E-state index in [9.17, 15) is 0 Å². The van der Waals surface area contributed by atoms with Crippen molar-refractivity contribution >= 4 is 5.65 Å². The molecule has 0 saturated heterocycles. The molecule has 2 heteroatoms. The van der Waals surface area contributed by atoms with E-state index in [2.05, 4.69) is 29.4 Å². The van der Waals surface area contributed by atoms with Crippen molar-refractivity contribution in [2.45, 2.75) is 19.8 Å². The van der Waals surface area contributed by atoms with E-state index in [4.69, 9.17) is 0 Å². The van der Waals surface area contributed by atoms with Crippen LogP contribution in [0.1, 0.15) is 25.3 Å². The lowest BCUT2D eigenvalue weighted by Gasteiger charge is -2.04. The first-order valence-electron chi connectivity index (χ1n) is 4.20. The molecule has 12 heavy (non-hydrogen) atoms. The van der Waals surface area contributed by atoms with Crippen molar-refractivity contribution in [3.63, 3.8) is 0 Å². The second-order valence-corrected chi connectivity index (χ2v) is 3.32. The Hall–Kier alpha value is -1.31. The van der Waals surface area contributed by atoms with Gasteiger partial charge in [-0.3, -0.25) is 0 Å². The summed E-state index contributed by atoms with van der Waals surface area (Å²) in [5.41, 5.74) is 2.29. The molecule has 2 heterocycles. The van der Waals surface area contributed by atoms with E-state index in [0.29, 0.717) is 5.92 Å². The molecule has 0 aliphatic carbocycles. The fourth-order valence-electron chi connectivity index (χ4n) is 1.24. The molecule has 2 nitrogen and oxygen atoms in total. The minimum absolute atomic E-state index is 0.546. The zero-order valence-corrected chi connectivity index (χ0v) is 7.36. The van der Waals surface area contributed by atoms with Crippen LogP contribution in [0.2, 0.25) is 0 Å². The quantitative estimate of drug-likeness (QED) is 0.626. The minimum Gasteiger partial charge on any atom is -0.308 e. The Morgan fingerprint density at radius 1 is 1.42 bits per heavy atom. The van der Waals surface area contributed by atoms with Crippen LogP contribution >= 0.6 is 0 Å². The summed E-state index contributed by atoms with van der Waals surface area (Å²) in [5.74, 6) is 0.546. The lowest BCUT2D eigenvalue weighted by molar-refractivity contribution is 0.843. The zero-order valence-electron chi connectivity index (χ0n) is 7.36. The van der Waals surface area contributed by atoms with Crippen molar-refractivity contribution in [3.05, 3.63) is 36.3 Å². The predicted molar refractivity (Wildman–Crippen MR) is 49.3 cm³/mol. The number of fused-ring (bicyclic) bond motifs is 1. The molecule has 0 aliphatic heterocycles. The van der Waals surface area contributed by atoms with Gasteiger partial charge in [0.2, 0.25) is 0 Å². The van der Waals surface area contributed by atoms with Gasteiger partial charge in [-0.25, -0.2) is 4.98 Å². The molecule has 0 amide bonds. The summed E-state index contributed by atoms with van der Waals surface area (Å²) in [5, 5.41) is 0. The van der Waals surface area contributed by atoms with E-state index in [1.54, 1.807) is 0 Å². The monoisotopic (exact) mass is 160 g/mol. The maximum Gasteiger partial charge on any atom is 0.136 e. The molecule has 2 rings (SSSR count). The fourth-order valence-corrected chi connectivity index (χ4v) is 1.24. The highest BCUT2D eigenvalue weighted by atomic mass is 15.0. The Kier molecular flexibility index (Phi) is 1.61. The smallest absolute Gasteiger partial charge is 0.136 e. The van der Waals surface area contributed by atoms with Crippen molar-refractivity contribution < 1.29 is 0 Å². The third-order valence-electron chi connectivity index (χ3n) is 2.06. The molecule has 0 radical (unpaired) electrons. The van der Waals surface area contributed by atoms with Crippen molar-refractivity contribution in [1.29, 1.82) is 0 Å². The molecule has 0 atom stereocenters. The van der Waals surface area contributed by atoms with Gasteiger partial charge in [-0.15, -0.1) is 0 Å². The first kappa shape index (κ1) is 7.35. The van der Waals surface area contributed by atoms with Gasteiger partial charge < -0.3 is 4.40 Å². The molecule has 0 spiro atoms. The number of aromatic nitrogens is 2. The molecule has 0 N–H and O–H groups in total. The second kappa shape index (κ2) is 2.63. The molecule has 0 aromatic carbocycles. The third kappa shape index (κ3) is 1.09. The van der Waals surface area contributed by atoms with Gasteiger partial charge in [-0.1, -0.05) is 13.8 Å². The summed E-state index contributed by atoms with van der Waals surface area (Å²) >= 11 is 0. The van der Waals surface area contributed by atoms with Gasteiger partial charge in [0.1, 0.15) is 5.65 Å². The van der Waals surface area contributed by atoms with E-state index in [1.807, 2.05) is 24.5 Å². The number of nitrogens with zero attached hydrogens (tertiary/aromatic N) is 2. The summed E-state index contributed by atoms with van der Waals surface area (Å²) in [4.78, 5) is 4.33. The van der Waals surface area contributed by atoms with Gasteiger partial charge in [-0.05, 0) is 23.6 Å². The van der Waals surface area contributed by atoms with E-state index >= 15 is 0 Å². The molecule has 0 bridgehead atoms. The van der Waals surface area contributed by atoms with E-state index in [1.165, 1.54) is 5.56 Å². The van der Waals surface area contributed by atoms with Crippen molar-refractivity contribution in [2.75, 3.05) is 0 Å². The van der Waals surface area contributed by atoms with Crippen LogP contribution < -0.4 is 0 Å². The van der Waals surface area contributed by atoms with Gasteiger partial charge in [0, 0.05) is 18.6 Å². The summed E-state index contributed by atoms with van der Waals surface area (Å²) in [6.07, 6.45) is 6.10. The van der Waals surface area contributed by atoms with Gasteiger partial charge >= 0.3 is 0 Å². The highest BCUT2D eigenvalue weighted by Crippen LogP contribution is 2.13. The molecule has 0 saturated carbocycles. The summed E-state index contributed by atoms with van der Waals surface area (Å²) in [7, 11) is 0. The Morgan fingerprint density at radius 3 is 3.00 bits per heavy atom. The maximum absolute atomic E-state index is 4.33. The standard InChI is InChI=1S/C10H12N2/c1-8(2)9-6-11-10-4-3-5-12(10)7-9/h3-8H,1-2H3. The molecule has 0 aliphatic rings. The van der Waals surface area contributed by atoms with Gasteiger partial charge in [0.05, 0.1) is 0 Å². The largest absolute Gasteiger partial charge is 0.308 e. The van der Waals surface area contributed by atoms with E-state index in [0.717, 1.165) is 5.65 Å². The maximum atomic E-state index is 4.33. The van der Waals surface area contributed by atoms with E-state index in [-0.39, 0.29) is 0 Å². The number of rotatable bonds is 1. The van der Waals surface area contributed by atoms with Crippen LogP contribution in [0.4, 0.5) is 0 Å². The van der Waals surface area contributed by atoms with Gasteiger partial charge in [0.25, 0.3) is 0 Å². The average Bonchev–Trinajstić information content (AvgIpc) is 2.49. The van der Waals surface area contributed by atoms with Crippen molar-refractivity contribution in [3.8, 4) is 0 Å². The zero-order chi connectivity index (χ0) is 8.55. The summed E-state index contributed by atoms with van der Waals surface area (Å²) in [6, 6.07) is 4.01. The number of hydrogen-bond acceptors (Lipinski definition) is 1. The molecule has 0 fully saturated rings. The lowest BCUT2D eigenvalue weighted by atomic mass is 10.1. The van der Waals surface area contributed by atoms with Crippen LogP contribution in [-0.4, -0.2) is 9.38 Å². The van der Waals surface area contributed by atoms with E-state index < -0.39 is 0 Å². The Balaban J connectivity index is 2.60. The van der Waals surface area contributed by atoms with Gasteiger partial charge in [-0.2, -0.15) is 0 Å². The predicted octanol–water partition coefficient (Wildman–Crippen LogP) is 2.46.